The Kier molecular flexibility index (Phi) is 6.54. The summed E-state index contributed by atoms with van der Waals surface area (Å²) in [7, 11) is 1.24. The minimum absolute atomic E-state index is 0.00501. The number of nitro benzene ring substituents is 1. The molecule has 1 amide bonds. The van der Waals surface area contributed by atoms with Crippen LogP contribution in [0.2, 0.25) is 0 Å². The van der Waals surface area contributed by atoms with Crippen molar-refractivity contribution in [3.05, 3.63) is 56.6 Å². The van der Waals surface area contributed by atoms with Crippen LogP contribution in [-0.4, -0.2) is 30.7 Å². The Labute approximate surface area is 162 Å². The normalized spacial score (nSPS) is 10.7. The molecule has 0 spiro atoms. The molecule has 0 aliphatic heterocycles. The second-order valence-electron chi connectivity index (χ2n) is 6.25. The first-order chi connectivity index (χ1) is 13.2. The third-order valence-electron chi connectivity index (χ3n) is 3.98. The number of anilines is 1. The van der Waals surface area contributed by atoms with Crippen molar-refractivity contribution >= 4 is 23.5 Å². The lowest BCUT2D eigenvalue weighted by molar-refractivity contribution is -0.398. The van der Waals surface area contributed by atoms with Gasteiger partial charge in [0.1, 0.15) is 5.75 Å². The average Bonchev–Trinajstić information content (AvgIpc) is 2.61. The molecule has 0 unspecified atom stereocenters. The van der Waals surface area contributed by atoms with Gasteiger partial charge in [-0.15, -0.1) is 0 Å². The third-order valence-corrected chi connectivity index (χ3v) is 3.98. The molecule has 0 radical (unpaired) electrons. The van der Waals surface area contributed by atoms with Crippen molar-refractivity contribution in [1.82, 2.24) is 5.43 Å². The molecule has 0 fully saturated rings. The summed E-state index contributed by atoms with van der Waals surface area (Å²) in [6.45, 7) is 5.92. The molecule has 0 aliphatic carbocycles. The Morgan fingerprint density at radius 2 is 1.86 bits per heavy atom. The number of rotatable bonds is 7. The first-order valence-corrected chi connectivity index (χ1v) is 8.40. The summed E-state index contributed by atoms with van der Waals surface area (Å²) < 4.78 is 4.85. The summed E-state index contributed by atoms with van der Waals surface area (Å²) >= 11 is 0. The first kappa shape index (κ1) is 20.7. The number of benzene rings is 2. The fourth-order valence-electron chi connectivity index (χ4n) is 2.82. The number of ether oxygens (including phenoxy) is 1. The highest BCUT2D eigenvalue weighted by molar-refractivity contribution is 5.86. The van der Waals surface area contributed by atoms with E-state index in [-0.39, 0.29) is 17.9 Å². The average molecular weight is 385 g/mol. The Morgan fingerprint density at radius 3 is 2.43 bits per heavy atom. The molecule has 28 heavy (non-hydrogen) atoms. The molecular formula is C19H21N4O5-. The van der Waals surface area contributed by atoms with E-state index in [4.69, 9.17) is 4.74 Å². The summed E-state index contributed by atoms with van der Waals surface area (Å²) in [6, 6.07) is 6.41. The third kappa shape index (κ3) is 4.97. The topological polar surface area (TPSA) is 129 Å². The van der Waals surface area contributed by atoms with Crippen LogP contribution in [0.25, 0.3) is 0 Å². The number of hydrazone groups is 1. The van der Waals surface area contributed by atoms with Gasteiger partial charge in [0.15, 0.2) is 0 Å². The lowest BCUT2D eigenvalue weighted by atomic mass is 10.1. The molecule has 0 bridgehead atoms. The van der Waals surface area contributed by atoms with E-state index in [0.29, 0.717) is 0 Å². The van der Waals surface area contributed by atoms with Crippen molar-refractivity contribution in [2.45, 2.75) is 20.8 Å². The highest BCUT2D eigenvalue weighted by Crippen LogP contribution is 2.33. The van der Waals surface area contributed by atoms with Gasteiger partial charge in [0, 0.05) is 23.1 Å². The van der Waals surface area contributed by atoms with Crippen LogP contribution in [0.15, 0.2) is 29.4 Å². The van der Waals surface area contributed by atoms with Crippen molar-refractivity contribution in [2.75, 3.05) is 19.0 Å². The maximum Gasteiger partial charge on any atom is 0.266 e. The minimum Gasteiger partial charge on any atom is -0.865 e. The van der Waals surface area contributed by atoms with E-state index in [1.807, 2.05) is 32.9 Å². The Bertz CT molecular complexity index is 917. The zero-order chi connectivity index (χ0) is 20.8. The second-order valence-corrected chi connectivity index (χ2v) is 6.25. The smallest absolute Gasteiger partial charge is 0.266 e. The Balaban J connectivity index is 2.02. The van der Waals surface area contributed by atoms with Crippen LogP contribution in [-0.2, 0) is 4.79 Å². The van der Waals surface area contributed by atoms with Crippen LogP contribution in [0, 0.1) is 30.9 Å². The molecule has 2 aromatic rings. The maximum absolute atomic E-state index is 12.0. The Hall–Kier alpha value is -3.62. The molecule has 0 aromatic heterocycles. The van der Waals surface area contributed by atoms with Crippen LogP contribution in [0.5, 0.6) is 11.5 Å². The standard InChI is InChI=1S/C19H22N4O5/c1-11-5-12(2)18(13(3)6-11)20-10-17(24)22-21-9-14-7-15(23(26)27)19(25)16(8-14)28-4/h5-9,20,25H,10H2,1-4H3,(H,22,24)/p-1/b21-9-. The van der Waals surface area contributed by atoms with Gasteiger partial charge in [-0.1, -0.05) is 17.7 Å². The summed E-state index contributed by atoms with van der Waals surface area (Å²) in [4.78, 5) is 22.1. The van der Waals surface area contributed by atoms with Crippen LogP contribution >= 0.6 is 0 Å². The van der Waals surface area contributed by atoms with Gasteiger partial charge in [0.2, 0.25) is 0 Å². The number of hydrogen-bond donors (Lipinski definition) is 2. The van der Waals surface area contributed by atoms with Crippen molar-refractivity contribution in [1.29, 1.82) is 0 Å². The predicted molar refractivity (Wildman–Crippen MR) is 104 cm³/mol. The molecule has 0 aliphatic rings. The van der Waals surface area contributed by atoms with Gasteiger partial charge in [0.05, 0.1) is 24.8 Å². The van der Waals surface area contributed by atoms with Crippen LogP contribution in [0.3, 0.4) is 0 Å². The fourth-order valence-corrected chi connectivity index (χ4v) is 2.82. The van der Waals surface area contributed by atoms with Crippen molar-refractivity contribution in [2.24, 2.45) is 5.10 Å². The van der Waals surface area contributed by atoms with Crippen LogP contribution < -0.4 is 20.6 Å². The molecule has 2 aromatic carbocycles. The lowest BCUT2D eigenvalue weighted by Crippen LogP contribution is -2.26. The fraction of sp³-hybridized carbons (Fsp3) is 0.263. The molecule has 9 heteroatoms. The molecule has 148 valence electrons. The number of nitrogens with one attached hydrogen (secondary N) is 2. The van der Waals surface area contributed by atoms with E-state index in [0.717, 1.165) is 28.4 Å². The largest absolute Gasteiger partial charge is 0.865 e. The molecule has 0 saturated heterocycles. The lowest BCUT2D eigenvalue weighted by Gasteiger charge is -2.13. The van der Waals surface area contributed by atoms with Gasteiger partial charge in [-0.2, -0.15) is 5.10 Å². The SMILES string of the molecule is COc1cc(/C=N\NC(=O)CNc2c(C)cc(C)cc2C)cc([N+](=O)[O-])c1[O-]. The van der Waals surface area contributed by atoms with Crippen LogP contribution in [0.1, 0.15) is 22.3 Å². The van der Waals surface area contributed by atoms with E-state index in [2.05, 4.69) is 15.8 Å². The van der Waals surface area contributed by atoms with E-state index in [1.165, 1.54) is 19.4 Å². The van der Waals surface area contributed by atoms with E-state index in [9.17, 15) is 20.0 Å². The molecule has 0 heterocycles. The summed E-state index contributed by atoms with van der Waals surface area (Å²) in [5, 5.41) is 29.6. The number of amides is 1. The van der Waals surface area contributed by atoms with Crippen molar-refractivity contribution in [3.63, 3.8) is 0 Å². The number of carbonyl (C=O) groups excluding carboxylic acids is 1. The zero-order valence-electron chi connectivity index (χ0n) is 16.0. The van der Waals surface area contributed by atoms with Gasteiger partial charge < -0.3 is 15.2 Å². The number of aryl methyl sites for hydroxylation is 3. The van der Waals surface area contributed by atoms with E-state index in [1.54, 1.807) is 0 Å². The first-order valence-electron chi connectivity index (χ1n) is 8.40. The van der Waals surface area contributed by atoms with Gasteiger partial charge in [-0.05, 0) is 38.0 Å². The summed E-state index contributed by atoms with van der Waals surface area (Å²) in [6.07, 6.45) is 1.20. The van der Waals surface area contributed by atoms with E-state index < -0.39 is 22.3 Å². The zero-order valence-corrected chi connectivity index (χ0v) is 16.0. The second kappa shape index (κ2) is 8.85. The quantitative estimate of drug-likeness (QED) is 0.427. The number of methoxy groups -OCH3 is 1. The number of carbonyl (C=O) groups is 1. The van der Waals surface area contributed by atoms with Gasteiger partial charge in [-0.3, -0.25) is 14.9 Å². The molecule has 0 atom stereocenters. The summed E-state index contributed by atoms with van der Waals surface area (Å²) in [5.74, 6) is -1.38. The molecule has 9 nitrogen and oxygen atoms in total. The molecule has 2 N–H and O–H groups in total. The predicted octanol–water partition coefficient (Wildman–Crippen LogP) is 2.16. The van der Waals surface area contributed by atoms with E-state index >= 15 is 0 Å². The minimum atomic E-state index is -0.818. The van der Waals surface area contributed by atoms with Crippen LogP contribution in [0.4, 0.5) is 11.4 Å². The van der Waals surface area contributed by atoms with Crippen molar-refractivity contribution in [3.8, 4) is 11.5 Å². The van der Waals surface area contributed by atoms with Gasteiger partial charge >= 0.3 is 0 Å². The molecule has 0 saturated carbocycles. The number of hydrogen-bond acceptors (Lipinski definition) is 7. The van der Waals surface area contributed by atoms with Gasteiger partial charge in [-0.25, -0.2) is 5.43 Å². The molecule has 2 rings (SSSR count). The highest BCUT2D eigenvalue weighted by Gasteiger charge is 2.13. The maximum atomic E-state index is 12.0. The highest BCUT2D eigenvalue weighted by atomic mass is 16.6. The number of nitro groups is 1. The monoisotopic (exact) mass is 385 g/mol. The van der Waals surface area contributed by atoms with Gasteiger partial charge in [0.25, 0.3) is 11.6 Å². The summed E-state index contributed by atoms with van der Waals surface area (Å²) in [5.41, 5.74) is 6.05. The van der Waals surface area contributed by atoms with Crippen molar-refractivity contribution < 1.29 is 19.6 Å². The number of nitrogens with zero attached hydrogens (tertiary/aromatic N) is 2. The molecular weight excluding hydrogens is 364 g/mol. The Morgan fingerprint density at radius 1 is 1.21 bits per heavy atom.